The van der Waals surface area contributed by atoms with Crippen LogP contribution < -0.4 is 5.32 Å². The summed E-state index contributed by atoms with van der Waals surface area (Å²) in [4.78, 5) is 0. The quantitative estimate of drug-likeness (QED) is 0.734. The minimum absolute atomic E-state index is 0.912. The fourth-order valence-electron chi connectivity index (χ4n) is 3.56. The van der Waals surface area contributed by atoms with Crippen molar-refractivity contribution >= 4 is 0 Å². The van der Waals surface area contributed by atoms with Crippen molar-refractivity contribution in [3.8, 4) is 0 Å². The number of piperidine rings is 1. The van der Waals surface area contributed by atoms with Crippen LogP contribution in [0.25, 0.3) is 0 Å². The summed E-state index contributed by atoms with van der Waals surface area (Å²) in [5.74, 6) is 3.99. The van der Waals surface area contributed by atoms with Gasteiger partial charge in [0.25, 0.3) is 0 Å². The monoisotopic (exact) mass is 209 g/mol. The molecule has 1 atom stereocenters. The van der Waals surface area contributed by atoms with Crippen LogP contribution in [0.15, 0.2) is 0 Å². The largest absolute Gasteiger partial charge is 0.316 e. The average Bonchev–Trinajstić information content (AvgIpc) is 2.30. The molecule has 1 saturated carbocycles. The first-order valence-electron chi connectivity index (χ1n) is 6.98. The van der Waals surface area contributed by atoms with Crippen LogP contribution in [-0.2, 0) is 0 Å². The summed E-state index contributed by atoms with van der Waals surface area (Å²) in [6.07, 6.45) is 8.92. The van der Waals surface area contributed by atoms with Crippen LogP contribution in [-0.4, -0.2) is 13.1 Å². The van der Waals surface area contributed by atoms with Gasteiger partial charge in [0, 0.05) is 0 Å². The van der Waals surface area contributed by atoms with Crippen LogP contribution in [0.1, 0.15) is 52.4 Å². The molecule has 1 heteroatoms. The van der Waals surface area contributed by atoms with E-state index in [0.717, 1.165) is 23.7 Å². The van der Waals surface area contributed by atoms with Crippen molar-refractivity contribution in [1.82, 2.24) is 5.32 Å². The lowest BCUT2D eigenvalue weighted by Gasteiger charge is -2.37. The molecule has 0 aromatic carbocycles. The average molecular weight is 209 g/mol. The molecule has 1 saturated heterocycles. The summed E-state index contributed by atoms with van der Waals surface area (Å²) < 4.78 is 0. The molecule has 1 nitrogen and oxygen atoms in total. The summed E-state index contributed by atoms with van der Waals surface area (Å²) in [5.41, 5.74) is 0. The van der Waals surface area contributed by atoms with Gasteiger partial charge in [-0.2, -0.15) is 0 Å². The van der Waals surface area contributed by atoms with Gasteiger partial charge in [0.1, 0.15) is 0 Å². The molecule has 0 radical (unpaired) electrons. The molecular formula is C14H27N. The highest BCUT2D eigenvalue weighted by molar-refractivity contribution is 4.82. The molecule has 1 aliphatic carbocycles. The van der Waals surface area contributed by atoms with Crippen molar-refractivity contribution in [1.29, 1.82) is 0 Å². The van der Waals surface area contributed by atoms with E-state index in [4.69, 9.17) is 0 Å². The second-order valence-corrected chi connectivity index (χ2v) is 6.03. The molecule has 1 heterocycles. The van der Waals surface area contributed by atoms with Crippen LogP contribution in [0.5, 0.6) is 0 Å². The van der Waals surface area contributed by atoms with Gasteiger partial charge < -0.3 is 5.32 Å². The molecule has 0 aromatic rings. The molecule has 2 fully saturated rings. The predicted molar refractivity (Wildman–Crippen MR) is 65.9 cm³/mol. The maximum Gasteiger partial charge on any atom is -0.00179 e. The lowest BCUT2D eigenvalue weighted by Crippen LogP contribution is -2.36. The van der Waals surface area contributed by atoms with E-state index in [1.807, 2.05) is 0 Å². The number of rotatable bonds is 2. The maximum absolute atomic E-state index is 3.57. The summed E-state index contributed by atoms with van der Waals surface area (Å²) >= 11 is 0. The smallest absolute Gasteiger partial charge is 0.00179 e. The molecule has 2 aliphatic rings. The van der Waals surface area contributed by atoms with E-state index in [1.165, 1.54) is 51.6 Å². The van der Waals surface area contributed by atoms with E-state index in [-0.39, 0.29) is 0 Å². The fourth-order valence-corrected chi connectivity index (χ4v) is 3.56. The molecule has 88 valence electrons. The van der Waals surface area contributed by atoms with E-state index in [2.05, 4.69) is 19.2 Å². The van der Waals surface area contributed by atoms with Crippen molar-refractivity contribution in [2.45, 2.75) is 52.4 Å². The maximum atomic E-state index is 3.57. The summed E-state index contributed by atoms with van der Waals surface area (Å²) in [6, 6.07) is 0. The van der Waals surface area contributed by atoms with E-state index in [0.29, 0.717) is 0 Å². The Balaban J connectivity index is 1.77. The van der Waals surface area contributed by atoms with E-state index >= 15 is 0 Å². The van der Waals surface area contributed by atoms with Gasteiger partial charge in [-0.3, -0.25) is 0 Å². The van der Waals surface area contributed by atoms with Gasteiger partial charge in [-0.25, -0.2) is 0 Å². The van der Waals surface area contributed by atoms with E-state index in [1.54, 1.807) is 0 Å². The molecule has 1 unspecified atom stereocenters. The summed E-state index contributed by atoms with van der Waals surface area (Å²) in [5, 5.41) is 3.57. The zero-order valence-electron chi connectivity index (χ0n) is 10.5. The molecule has 0 aromatic heterocycles. The Kier molecular flexibility index (Phi) is 4.07. The van der Waals surface area contributed by atoms with Gasteiger partial charge in [-0.1, -0.05) is 13.8 Å². The molecule has 1 aliphatic heterocycles. The van der Waals surface area contributed by atoms with Crippen molar-refractivity contribution in [2.75, 3.05) is 13.1 Å². The normalized spacial score (nSPS) is 38.2. The highest BCUT2D eigenvalue weighted by Crippen LogP contribution is 2.38. The topological polar surface area (TPSA) is 12.0 Å². The van der Waals surface area contributed by atoms with Crippen molar-refractivity contribution in [3.63, 3.8) is 0 Å². The zero-order chi connectivity index (χ0) is 10.7. The molecule has 2 rings (SSSR count). The van der Waals surface area contributed by atoms with Crippen molar-refractivity contribution < 1.29 is 0 Å². The first-order chi connectivity index (χ1) is 7.27. The highest BCUT2D eigenvalue weighted by Gasteiger charge is 2.29. The van der Waals surface area contributed by atoms with Gasteiger partial charge in [0.05, 0.1) is 0 Å². The second kappa shape index (κ2) is 5.34. The van der Waals surface area contributed by atoms with Crippen LogP contribution in [0.2, 0.25) is 0 Å². The summed E-state index contributed by atoms with van der Waals surface area (Å²) in [7, 11) is 0. The van der Waals surface area contributed by atoms with Gasteiger partial charge in [-0.15, -0.1) is 0 Å². The number of hydrogen-bond donors (Lipinski definition) is 1. The predicted octanol–water partition coefficient (Wildman–Crippen LogP) is 3.45. The van der Waals surface area contributed by atoms with Crippen LogP contribution in [0, 0.1) is 23.7 Å². The molecule has 1 N–H and O–H groups in total. The Morgan fingerprint density at radius 3 is 2.20 bits per heavy atom. The Morgan fingerprint density at radius 1 is 0.933 bits per heavy atom. The third kappa shape index (κ3) is 2.96. The lowest BCUT2D eigenvalue weighted by atomic mass is 9.71. The van der Waals surface area contributed by atoms with E-state index < -0.39 is 0 Å². The lowest BCUT2D eigenvalue weighted by molar-refractivity contribution is 0.155. The van der Waals surface area contributed by atoms with E-state index in [9.17, 15) is 0 Å². The molecule has 0 amide bonds. The Morgan fingerprint density at radius 2 is 1.67 bits per heavy atom. The molecule has 0 spiro atoms. The third-order valence-electron chi connectivity index (χ3n) is 4.76. The van der Waals surface area contributed by atoms with Crippen molar-refractivity contribution in [2.24, 2.45) is 23.7 Å². The second-order valence-electron chi connectivity index (χ2n) is 6.03. The van der Waals surface area contributed by atoms with Gasteiger partial charge in [-0.05, 0) is 75.3 Å². The van der Waals surface area contributed by atoms with Gasteiger partial charge in [0.15, 0.2) is 0 Å². The molecule has 0 bridgehead atoms. The molecular weight excluding hydrogens is 182 g/mol. The van der Waals surface area contributed by atoms with Crippen LogP contribution in [0.4, 0.5) is 0 Å². The third-order valence-corrected chi connectivity index (χ3v) is 4.76. The Labute approximate surface area is 95.0 Å². The Hall–Kier alpha value is -0.0400. The van der Waals surface area contributed by atoms with Crippen LogP contribution in [0.3, 0.4) is 0 Å². The summed E-state index contributed by atoms with van der Waals surface area (Å²) in [6.45, 7) is 7.36. The SMILES string of the molecule is CC(C)C1CCC(C2CCCNC2)CC1. The highest BCUT2D eigenvalue weighted by atomic mass is 14.9. The zero-order valence-corrected chi connectivity index (χ0v) is 10.5. The first-order valence-corrected chi connectivity index (χ1v) is 6.98. The van der Waals surface area contributed by atoms with Crippen LogP contribution >= 0.6 is 0 Å². The minimum Gasteiger partial charge on any atom is -0.316 e. The minimum atomic E-state index is 0.912. The van der Waals surface area contributed by atoms with Gasteiger partial charge >= 0.3 is 0 Å². The van der Waals surface area contributed by atoms with Gasteiger partial charge in [0.2, 0.25) is 0 Å². The fraction of sp³-hybridized carbons (Fsp3) is 1.00. The number of nitrogens with one attached hydrogen (secondary N) is 1. The Bertz CT molecular complexity index is 174. The standard InChI is InChI=1S/C14H27N/c1-11(2)12-5-7-13(8-6-12)14-4-3-9-15-10-14/h11-15H,3-10H2,1-2H3. The number of hydrogen-bond acceptors (Lipinski definition) is 1. The first kappa shape index (κ1) is 11.4. The van der Waals surface area contributed by atoms with Crippen molar-refractivity contribution in [3.05, 3.63) is 0 Å². The molecule has 15 heavy (non-hydrogen) atoms.